The van der Waals surface area contributed by atoms with Crippen LogP contribution in [0.1, 0.15) is 36.9 Å². The van der Waals surface area contributed by atoms with Gasteiger partial charge in [0, 0.05) is 18.9 Å². The molecule has 1 saturated heterocycles. The van der Waals surface area contributed by atoms with Crippen molar-refractivity contribution in [1.82, 2.24) is 20.4 Å². The molecule has 1 aromatic heterocycles. The standard InChI is InChI=1S/C12H22N4O/c1-13-7-3-6-11-14-12(15-17-11)10-5-4-8-16(2)9-10/h10,13H,3-9H2,1-2H3. The van der Waals surface area contributed by atoms with E-state index in [2.05, 4.69) is 27.4 Å². The zero-order valence-electron chi connectivity index (χ0n) is 10.8. The maximum absolute atomic E-state index is 5.29. The lowest BCUT2D eigenvalue weighted by Crippen LogP contribution is -2.31. The molecule has 1 atom stereocenters. The van der Waals surface area contributed by atoms with Gasteiger partial charge in [0.15, 0.2) is 5.82 Å². The average Bonchev–Trinajstić information content (AvgIpc) is 2.78. The molecular formula is C12H22N4O. The van der Waals surface area contributed by atoms with Crippen LogP contribution in [0.2, 0.25) is 0 Å². The van der Waals surface area contributed by atoms with E-state index in [0.29, 0.717) is 5.92 Å². The fourth-order valence-corrected chi connectivity index (χ4v) is 2.33. The molecule has 0 aliphatic carbocycles. The van der Waals surface area contributed by atoms with Gasteiger partial charge >= 0.3 is 0 Å². The zero-order valence-corrected chi connectivity index (χ0v) is 10.8. The summed E-state index contributed by atoms with van der Waals surface area (Å²) in [6.45, 7) is 3.22. The van der Waals surface area contributed by atoms with Gasteiger partial charge in [0.1, 0.15) is 0 Å². The first-order valence-corrected chi connectivity index (χ1v) is 6.45. The van der Waals surface area contributed by atoms with Gasteiger partial charge in [-0.3, -0.25) is 0 Å². The van der Waals surface area contributed by atoms with Crippen LogP contribution >= 0.6 is 0 Å². The Hall–Kier alpha value is -0.940. The molecule has 0 spiro atoms. The smallest absolute Gasteiger partial charge is 0.226 e. The van der Waals surface area contributed by atoms with Crippen LogP contribution in [-0.4, -0.2) is 48.8 Å². The Bertz CT molecular complexity index is 339. The van der Waals surface area contributed by atoms with Crippen molar-refractivity contribution in [2.24, 2.45) is 0 Å². The molecule has 1 aliphatic heterocycles. The van der Waals surface area contributed by atoms with Gasteiger partial charge < -0.3 is 14.7 Å². The SMILES string of the molecule is CNCCCc1nc(C2CCCN(C)C2)no1. The maximum atomic E-state index is 5.29. The number of nitrogens with zero attached hydrogens (tertiary/aromatic N) is 3. The third kappa shape index (κ3) is 3.51. The molecular weight excluding hydrogens is 216 g/mol. The topological polar surface area (TPSA) is 54.2 Å². The van der Waals surface area contributed by atoms with Gasteiger partial charge in [-0.25, -0.2) is 0 Å². The molecule has 0 bridgehead atoms. The molecule has 2 heterocycles. The van der Waals surface area contributed by atoms with Crippen LogP contribution < -0.4 is 5.32 Å². The molecule has 0 aromatic carbocycles. The summed E-state index contributed by atoms with van der Waals surface area (Å²) in [4.78, 5) is 6.85. The van der Waals surface area contributed by atoms with Gasteiger partial charge in [-0.1, -0.05) is 5.16 Å². The Morgan fingerprint density at radius 2 is 2.41 bits per heavy atom. The Labute approximate surface area is 103 Å². The van der Waals surface area contributed by atoms with E-state index in [1.807, 2.05) is 7.05 Å². The molecule has 5 nitrogen and oxygen atoms in total. The van der Waals surface area contributed by atoms with Gasteiger partial charge in [0.05, 0.1) is 0 Å². The summed E-state index contributed by atoms with van der Waals surface area (Å²) in [7, 11) is 4.11. The molecule has 1 aliphatic rings. The maximum Gasteiger partial charge on any atom is 0.226 e. The first kappa shape index (κ1) is 12.5. The number of rotatable bonds is 5. The largest absolute Gasteiger partial charge is 0.339 e. The fraction of sp³-hybridized carbons (Fsp3) is 0.833. The summed E-state index contributed by atoms with van der Waals surface area (Å²) >= 11 is 0. The Kier molecular flexibility index (Phi) is 4.50. The highest BCUT2D eigenvalue weighted by Crippen LogP contribution is 2.23. The second kappa shape index (κ2) is 6.12. The number of aromatic nitrogens is 2. The minimum absolute atomic E-state index is 0.454. The van der Waals surface area contributed by atoms with Gasteiger partial charge in [-0.05, 0) is 46.4 Å². The summed E-state index contributed by atoms with van der Waals surface area (Å²) in [5.74, 6) is 2.13. The summed E-state index contributed by atoms with van der Waals surface area (Å²) < 4.78 is 5.29. The van der Waals surface area contributed by atoms with Crippen molar-refractivity contribution in [3.8, 4) is 0 Å². The van der Waals surface area contributed by atoms with E-state index in [0.717, 1.165) is 37.6 Å². The monoisotopic (exact) mass is 238 g/mol. The van der Waals surface area contributed by atoms with Gasteiger partial charge in [-0.2, -0.15) is 4.98 Å². The Balaban J connectivity index is 1.88. The lowest BCUT2D eigenvalue weighted by Gasteiger charge is -2.27. The number of aryl methyl sites for hydroxylation is 1. The van der Waals surface area contributed by atoms with Crippen LogP contribution in [0.25, 0.3) is 0 Å². The number of nitrogens with one attached hydrogen (secondary N) is 1. The second-order valence-electron chi connectivity index (χ2n) is 4.85. The molecule has 1 N–H and O–H groups in total. The predicted octanol–water partition coefficient (Wildman–Crippen LogP) is 1.03. The number of likely N-dealkylation sites (N-methyl/N-ethyl adjacent to an activating group) is 1. The summed E-state index contributed by atoms with van der Waals surface area (Å²) in [5, 5.41) is 7.24. The van der Waals surface area contributed by atoms with Crippen LogP contribution in [-0.2, 0) is 6.42 Å². The molecule has 96 valence electrons. The van der Waals surface area contributed by atoms with E-state index >= 15 is 0 Å². The van der Waals surface area contributed by atoms with Crippen LogP contribution in [0.5, 0.6) is 0 Å². The molecule has 0 amide bonds. The van der Waals surface area contributed by atoms with Gasteiger partial charge in [-0.15, -0.1) is 0 Å². The first-order chi connectivity index (χ1) is 8.29. The highest BCUT2D eigenvalue weighted by molar-refractivity contribution is 4.98. The van der Waals surface area contributed by atoms with Crippen LogP contribution in [0.3, 0.4) is 0 Å². The van der Waals surface area contributed by atoms with E-state index in [9.17, 15) is 0 Å². The van der Waals surface area contributed by atoms with Crippen LogP contribution in [0.4, 0.5) is 0 Å². The normalized spacial score (nSPS) is 21.9. The van der Waals surface area contributed by atoms with Gasteiger partial charge in [0.25, 0.3) is 0 Å². The third-order valence-corrected chi connectivity index (χ3v) is 3.29. The van der Waals surface area contributed by atoms with Crippen LogP contribution in [0, 0.1) is 0 Å². The first-order valence-electron chi connectivity index (χ1n) is 6.45. The molecule has 17 heavy (non-hydrogen) atoms. The zero-order chi connectivity index (χ0) is 12.1. The number of likely N-dealkylation sites (tertiary alicyclic amines) is 1. The Morgan fingerprint density at radius 3 is 3.18 bits per heavy atom. The average molecular weight is 238 g/mol. The molecule has 0 saturated carbocycles. The number of hydrogen-bond donors (Lipinski definition) is 1. The second-order valence-corrected chi connectivity index (χ2v) is 4.85. The Morgan fingerprint density at radius 1 is 1.53 bits per heavy atom. The van der Waals surface area contributed by atoms with Gasteiger partial charge in [0.2, 0.25) is 5.89 Å². The minimum atomic E-state index is 0.454. The van der Waals surface area contributed by atoms with Crippen molar-refractivity contribution in [3.05, 3.63) is 11.7 Å². The van der Waals surface area contributed by atoms with Crippen molar-refractivity contribution < 1.29 is 4.52 Å². The molecule has 5 heteroatoms. The van der Waals surface area contributed by atoms with E-state index < -0.39 is 0 Å². The summed E-state index contributed by atoms with van der Waals surface area (Å²) in [6.07, 6.45) is 4.32. The van der Waals surface area contributed by atoms with Crippen molar-refractivity contribution >= 4 is 0 Å². The molecule has 2 rings (SSSR count). The van der Waals surface area contributed by atoms with E-state index in [1.165, 1.54) is 19.4 Å². The molecule has 0 radical (unpaired) electrons. The number of piperidine rings is 1. The van der Waals surface area contributed by atoms with Crippen LogP contribution in [0.15, 0.2) is 4.52 Å². The van der Waals surface area contributed by atoms with E-state index in [-0.39, 0.29) is 0 Å². The third-order valence-electron chi connectivity index (χ3n) is 3.29. The van der Waals surface area contributed by atoms with E-state index in [4.69, 9.17) is 4.52 Å². The van der Waals surface area contributed by atoms with E-state index in [1.54, 1.807) is 0 Å². The highest BCUT2D eigenvalue weighted by atomic mass is 16.5. The van der Waals surface area contributed by atoms with Crippen molar-refractivity contribution in [2.75, 3.05) is 33.7 Å². The highest BCUT2D eigenvalue weighted by Gasteiger charge is 2.23. The lowest BCUT2D eigenvalue weighted by molar-refractivity contribution is 0.242. The molecule has 1 fully saturated rings. The van der Waals surface area contributed by atoms with Crippen molar-refractivity contribution in [3.63, 3.8) is 0 Å². The molecule has 1 aromatic rings. The lowest BCUT2D eigenvalue weighted by atomic mass is 9.98. The number of hydrogen-bond acceptors (Lipinski definition) is 5. The predicted molar refractivity (Wildman–Crippen MR) is 66.0 cm³/mol. The quantitative estimate of drug-likeness (QED) is 0.777. The molecule has 1 unspecified atom stereocenters. The van der Waals surface area contributed by atoms with Crippen molar-refractivity contribution in [1.29, 1.82) is 0 Å². The fourth-order valence-electron chi connectivity index (χ4n) is 2.33. The minimum Gasteiger partial charge on any atom is -0.339 e. The summed E-state index contributed by atoms with van der Waals surface area (Å²) in [6, 6.07) is 0. The summed E-state index contributed by atoms with van der Waals surface area (Å²) in [5.41, 5.74) is 0. The van der Waals surface area contributed by atoms with Crippen molar-refractivity contribution in [2.45, 2.75) is 31.6 Å².